The number of aliphatic hydroxyl groups is 1. The molecule has 26 heavy (non-hydrogen) atoms. The van der Waals surface area contributed by atoms with E-state index in [2.05, 4.69) is 15.0 Å². The molecule has 2 heterocycles. The van der Waals surface area contributed by atoms with E-state index < -0.39 is 0 Å². The number of carbonyl (C=O) groups is 1. The zero-order valence-corrected chi connectivity index (χ0v) is 15.2. The van der Waals surface area contributed by atoms with Gasteiger partial charge < -0.3 is 25.0 Å². The molecule has 2 aromatic rings. The van der Waals surface area contributed by atoms with Crippen LogP contribution in [0.5, 0.6) is 0 Å². The maximum Gasteiger partial charge on any atom is 0.305 e. The summed E-state index contributed by atoms with van der Waals surface area (Å²) in [7, 11) is 3.95. The van der Waals surface area contributed by atoms with Crippen molar-refractivity contribution in [3.63, 3.8) is 0 Å². The predicted octanol–water partition coefficient (Wildman–Crippen LogP) is 0.463. The van der Waals surface area contributed by atoms with Gasteiger partial charge in [0.25, 0.3) is 0 Å². The molecule has 1 saturated carbocycles. The average Bonchev–Trinajstić information content (AvgIpc) is 2.97. The van der Waals surface area contributed by atoms with Crippen LogP contribution >= 0.6 is 0 Å². The van der Waals surface area contributed by atoms with Gasteiger partial charge in [-0.15, -0.1) is 0 Å². The van der Waals surface area contributed by atoms with Crippen molar-refractivity contribution in [2.45, 2.75) is 25.3 Å². The number of nitrogens with two attached hydrogens (primary N) is 1. The molecule has 0 amide bonds. The Balaban J connectivity index is 1.63. The van der Waals surface area contributed by atoms with Crippen LogP contribution < -0.4 is 5.73 Å². The second-order valence-corrected chi connectivity index (χ2v) is 7.09. The van der Waals surface area contributed by atoms with Crippen LogP contribution in [0.25, 0.3) is 11.2 Å². The Morgan fingerprint density at radius 1 is 1.46 bits per heavy atom. The normalized spacial score (nSPS) is 22.5. The number of aliphatic hydroxyl groups excluding tert-OH is 1. The van der Waals surface area contributed by atoms with E-state index >= 15 is 0 Å². The highest BCUT2D eigenvalue weighted by atomic mass is 16.5. The summed E-state index contributed by atoms with van der Waals surface area (Å²) >= 11 is 0. The Hall–Kier alpha value is -2.26. The van der Waals surface area contributed by atoms with E-state index in [1.165, 1.54) is 0 Å². The monoisotopic (exact) mass is 362 g/mol. The highest BCUT2D eigenvalue weighted by molar-refractivity contribution is 5.71. The van der Waals surface area contributed by atoms with Gasteiger partial charge in [0.15, 0.2) is 5.65 Å². The second kappa shape index (κ2) is 7.96. The molecule has 3 rings (SSSR count). The average molecular weight is 362 g/mol. The fraction of sp³-hybridized carbons (Fsp3) is 0.647. The Morgan fingerprint density at radius 2 is 2.27 bits per heavy atom. The van der Waals surface area contributed by atoms with Crippen LogP contribution in [0.1, 0.15) is 25.3 Å². The van der Waals surface area contributed by atoms with Crippen LogP contribution in [-0.4, -0.2) is 69.3 Å². The van der Waals surface area contributed by atoms with Crippen molar-refractivity contribution in [3.8, 4) is 0 Å². The van der Waals surface area contributed by atoms with Gasteiger partial charge >= 0.3 is 5.97 Å². The first kappa shape index (κ1) is 18.5. The number of esters is 1. The number of carbonyl (C=O) groups excluding carboxylic acids is 1. The number of hydrogen-bond donors (Lipinski definition) is 2. The van der Waals surface area contributed by atoms with E-state index in [1.54, 1.807) is 12.5 Å². The minimum absolute atomic E-state index is 0.0337. The van der Waals surface area contributed by atoms with Crippen molar-refractivity contribution in [1.82, 2.24) is 24.4 Å². The number of anilines is 1. The van der Waals surface area contributed by atoms with Crippen LogP contribution in [0.3, 0.4) is 0 Å². The number of imidazole rings is 1. The molecule has 1 fully saturated rings. The molecule has 1 aliphatic rings. The number of rotatable bonds is 8. The van der Waals surface area contributed by atoms with E-state index in [0.717, 1.165) is 19.4 Å². The van der Waals surface area contributed by atoms with Crippen molar-refractivity contribution in [3.05, 3.63) is 12.5 Å². The fourth-order valence-electron chi connectivity index (χ4n) is 3.44. The zero-order valence-electron chi connectivity index (χ0n) is 15.2. The molecule has 1 aliphatic carbocycles. The molecule has 2 aromatic heterocycles. The zero-order chi connectivity index (χ0) is 18.7. The van der Waals surface area contributed by atoms with Gasteiger partial charge in [0.2, 0.25) is 5.95 Å². The van der Waals surface area contributed by atoms with Gasteiger partial charge in [-0.25, -0.2) is 9.97 Å². The molecule has 142 valence electrons. The minimum Gasteiger partial charge on any atom is -0.465 e. The maximum atomic E-state index is 12.0. The molecule has 3 atom stereocenters. The summed E-state index contributed by atoms with van der Waals surface area (Å²) in [5.41, 5.74) is 7.03. The van der Waals surface area contributed by atoms with E-state index in [0.29, 0.717) is 17.6 Å². The number of hydrogen-bond acceptors (Lipinski definition) is 8. The van der Waals surface area contributed by atoms with Crippen molar-refractivity contribution in [1.29, 1.82) is 0 Å². The largest absolute Gasteiger partial charge is 0.465 e. The van der Waals surface area contributed by atoms with Crippen molar-refractivity contribution in [2.24, 2.45) is 11.8 Å². The van der Waals surface area contributed by atoms with Gasteiger partial charge in [-0.2, -0.15) is 4.98 Å². The lowest BCUT2D eigenvalue weighted by Crippen LogP contribution is -2.43. The molecular formula is C17H26N6O3. The maximum absolute atomic E-state index is 12.0. The standard InChI is InChI=1S/C17H26N6O3/c1-22(2)5-3-4-15(25)26-9-12-11(8-24)6-14(12)23-10-20-13-7-19-17(18)21-16(13)23/h7,10-12,14,24H,3-6,8-9H2,1-2H3,(H2,18,19,21)/t11-,12+,14-/m1/s1. The molecule has 9 heteroatoms. The highest BCUT2D eigenvalue weighted by Gasteiger charge is 2.43. The number of fused-ring (bicyclic) bond motifs is 1. The summed E-state index contributed by atoms with van der Waals surface area (Å²) in [6.45, 7) is 1.21. The van der Waals surface area contributed by atoms with Crippen molar-refractivity contribution < 1.29 is 14.6 Å². The second-order valence-electron chi connectivity index (χ2n) is 7.09. The first-order valence-corrected chi connectivity index (χ1v) is 8.86. The van der Waals surface area contributed by atoms with Gasteiger partial charge in [-0.05, 0) is 39.4 Å². The molecule has 0 saturated heterocycles. The minimum atomic E-state index is -0.198. The third kappa shape index (κ3) is 3.94. The van der Waals surface area contributed by atoms with Crippen LogP contribution in [0, 0.1) is 11.8 Å². The topological polar surface area (TPSA) is 119 Å². The predicted molar refractivity (Wildman–Crippen MR) is 96.2 cm³/mol. The smallest absolute Gasteiger partial charge is 0.305 e. The molecule has 0 unspecified atom stereocenters. The van der Waals surface area contributed by atoms with Crippen LogP contribution in [0.2, 0.25) is 0 Å². The lowest BCUT2D eigenvalue weighted by molar-refractivity contribution is -0.149. The number of ether oxygens (including phenoxy) is 1. The van der Waals surface area contributed by atoms with Gasteiger partial charge in [-0.3, -0.25) is 4.79 Å². The number of aromatic nitrogens is 4. The first-order chi connectivity index (χ1) is 12.5. The molecule has 0 bridgehead atoms. The van der Waals surface area contributed by atoms with E-state index in [9.17, 15) is 9.90 Å². The van der Waals surface area contributed by atoms with Gasteiger partial charge in [0, 0.05) is 25.0 Å². The Labute approximate surface area is 152 Å². The third-order valence-electron chi connectivity index (χ3n) is 4.99. The highest BCUT2D eigenvalue weighted by Crippen LogP contribution is 2.45. The Bertz CT molecular complexity index is 762. The lowest BCUT2D eigenvalue weighted by atomic mass is 9.70. The van der Waals surface area contributed by atoms with Gasteiger partial charge in [-0.1, -0.05) is 0 Å². The van der Waals surface area contributed by atoms with Crippen molar-refractivity contribution >= 4 is 23.1 Å². The summed E-state index contributed by atoms with van der Waals surface area (Å²) in [5, 5.41) is 9.58. The molecule has 0 spiro atoms. The summed E-state index contributed by atoms with van der Waals surface area (Å²) in [5.74, 6) is 0.134. The molecule has 9 nitrogen and oxygen atoms in total. The fourth-order valence-corrected chi connectivity index (χ4v) is 3.44. The summed E-state index contributed by atoms with van der Waals surface area (Å²) in [4.78, 5) is 26.5. The molecule has 3 N–H and O–H groups in total. The van der Waals surface area contributed by atoms with Crippen molar-refractivity contribution in [2.75, 3.05) is 39.6 Å². The summed E-state index contributed by atoms with van der Waals surface area (Å²) < 4.78 is 7.41. The van der Waals surface area contributed by atoms with Gasteiger partial charge in [0.1, 0.15) is 5.52 Å². The van der Waals surface area contributed by atoms with Gasteiger partial charge in [0.05, 0.1) is 19.1 Å². The lowest BCUT2D eigenvalue weighted by Gasteiger charge is -2.44. The number of nitrogen functional groups attached to an aromatic ring is 1. The molecular weight excluding hydrogens is 336 g/mol. The van der Waals surface area contributed by atoms with E-state index in [-0.39, 0.29) is 43.0 Å². The van der Waals surface area contributed by atoms with Crippen LogP contribution in [0.15, 0.2) is 12.5 Å². The number of nitrogens with zero attached hydrogens (tertiary/aromatic N) is 5. The molecule has 0 radical (unpaired) electrons. The molecule has 0 aliphatic heterocycles. The Morgan fingerprint density at radius 3 is 3.00 bits per heavy atom. The quantitative estimate of drug-likeness (QED) is 0.650. The Kier molecular flexibility index (Phi) is 5.67. The summed E-state index contributed by atoms with van der Waals surface area (Å²) in [6, 6.07) is 0.0704. The van der Waals surface area contributed by atoms with Crippen LogP contribution in [0.4, 0.5) is 5.95 Å². The third-order valence-corrected chi connectivity index (χ3v) is 4.99. The van der Waals surface area contributed by atoms with Crippen LogP contribution in [-0.2, 0) is 9.53 Å². The van der Waals surface area contributed by atoms with E-state index in [4.69, 9.17) is 10.5 Å². The first-order valence-electron chi connectivity index (χ1n) is 8.86. The summed E-state index contributed by atoms with van der Waals surface area (Å²) in [6.07, 6.45) is 5.26. The SMILES string of the molecule is CN(C)CCCC(=O)OC[C@H]1[C@@H](CO)C[C@H]1n1cnc2cnc(N)nc21. The van der Waals surface area contributed by atoms with E-state index in [1.807, 2.05) is 23.6 Å². The molecule has 0 aromatic carbocycles.